The third kappa shape index (κ3) is 5.16. The number of pyridine rings is 1. The van der Waals surface area contributed by atoms with Crippen molar-refractivity contribution in [3.8, 4) is 5.75 Å². The fourth-order valence-electron chi connectivity index (χ4n) is 2.82. The topological polar surface area (TPSA) is 71.5 Å². The largest absolute Gasteiger partial charge is 0.489 e. The molecule has 32 heavy (non-hydrogen) atoms. The van der Waals surface area contributed by atoms with Crippen molar-refractivity contribution in [2.45, 2.75) is 6.61 Å². The number of aromatic nitrogens is 1. The second-order valence-electron chi connectivity index (χ2n) is 6.64. The van der Waals surface area contributed by atoms with Gasteiger partial charge in [0.1, 0.15) is 12.4 Å². The summed E-state index contributed by atoms with van der Waals surface area (Å²) in [6.45, 7) is 0.356. The number of nitrogens with one attached hydrogen (secondary N) is 1. The zero-order chi connectivity index (χ0) is 22.5. The summed E-state index contributed by atoms with van der Waals surface area (Å²) in [6.07, 6.45) is 4.72. The summed E-state index contributed by atoms with van der Waals surface area (Å²) in [5.74, 6) is -0.148. The molecule has 1 aliphatic rings. The normalized spacial score (nSPS) is 14.7. The molecule has 2 amide bonds. The van der Waals surface area contributed by atoms with E-state index in [1.807, 2.05) is 48.5 Å². The summed E-state index contributed by atoms with van der Waals surface area (Å²) in [5.41, 5.74) is 4.62. The van der Waals surface area contributed by atoms with Crippen molar-refractivity contribution in [3.63, 3.8) is 0 Å². The average Bonchev–Trinajstić information content (AvgIpc) is 3.07. The zero-order valence-corrected chi connectivity index (χ0v) is 18.9. The number of hydrazine groups is 1. The van der Waals surface area contributed by atoms with Crippen molar-refractivity contribution in [3.05, 3.63) is 99.7 Å². The smallest absolute Gasteiger partial charge is 0.285 e. The highest BCUT2D eigenvalue weighted by molar-refractivity contribution is 8.26. The number of thioether (sulfide) groups is 1. The van der Waals surface area contributed by atoms with Gasteiger partial charge >= 0.3 is 0 Å². The van der Waals surface area contributed by atoms with E-state index in [1.165, 1.54) is 12.4 Å². The van der Waals surface area contributed by atoms with Crippen LogP contribution < -0.4 is 10.2 Å². The lowest BCUT2D eigenvalue weighted by atomic mass is 10.2. The van der Waals surface area contributed by atoms with Gasteiger partial charge in [-0.2, -0.15) is 5.01 Å². The van der Waals surface area contributed by atoms with Crippen LogP contribution in [0.5, 0.6) is 5.75 Å². The molecule has 1 fully saturated rings. The highest BCUT2D eigenvalue weighted by Crippen LogP contribution is 2.32. The van der Waals surface area contributed by atoms with E-state index >= 15 is 0 Å². The molecule has 0 radical (unpaired) electrons. The maximum atomic E-state index is 12.7. The van der Waals surface area contributed by atoms with Crippen LogP contribution in [-0.4, -0.2) is 26.1 Å². The quantitative estimate of drug-likeness (QED) is 0.400. The van der Waals surface area contributed by atoms with Gasteiger partial charge in [0.05, 0.1) is 4.91 Å². The molecule has 6 nitrogen and oxygen atoms in total. The van der Waals surface area contributed by atoms with Crippen LogP contribution in [0.1, 0.15) is 21.5 Å². The first-order chi connectivity index (χ1) is 15.5. The van der Waals surface area contributed by atoms with Gasteiger partial charge in [0.2, 0.25) is 0 Å². The predicted octanol–water partition coefficient (Wildman–Crippen LogP) is 4.86. The van der Waals surface area contributed by atoms with Crippen LogP contribution in [0.2, 0.25) is 5.02 Å². The van der Waals surface area contributed by atoms with E-state index in [-0.39, 0.29) is 10.2 Å². The second kappa shape index (κ2) is 9.95. The highest BCUT2D eigenvalue weighted by Gasteiger charge is 2.33. The third-order valence-electron chi connectivity index (χ3n) is 4.48. The molecule has 0 spiro atoms. The number of amides is 2. The fraction of sp³-hybridized carbons (Fsp3) is 0.0435. The molecule has 0 atom stereocenters. The number of thiocarbonyl (C=S) groups is 1. The van der Waals surface area contributed by atoms with Gasteiger partial charge in [-0.05, 0) is 54.2 Å². The molecular formula is C23H16ClN3O3S2. The summed E-state index contributed by atoms with van der Waals surface area (Å²) in [6, 6.07) is 17.9. The van der Waals surface area contributed by atoms with E-state index in [9.17, 15) is 9.59 Å². The molecule has 1 aliphatic heterocycles. The lowest BCUT2D eigenvalue weighted by Crippen LogP contribution is -2.44. The molecule has 0 unspecified atom stereocenters. The Morgan fingerprint density at radius 1 is 1.12 bits per heavy atom. The molecule has 0 saturated carbocycles. The molecule has 0 bridgehead atoms. The predicted molar refractivity (Wildman–Crippen MR) is 129 cm³/mol. The van der Waals surface area contributed by atoms with Crippen molar-refractivity contribution in [2.75, 3.05) is 0 Å². The molecule has 1 N–H and O–H groups in total. The second-order valence-corrected chi connectivity index (χ2v) is 8.73. The number of carbonyl (C=O) groups is 2. The minimum atomic E-state index is -0.440. The summed E-state index contributed by atoms with van der Waals surface area (Å²) in [7, 11) is 0. The zero-order valence-electron chi connectivity index (χ0n) is 16.5. The standard InChI is InChI=1S/C23H16ClN3O3S2/c24-19-4-2-1-3-17(19)14-30-18-7-5-15(6-8-18)13-20-22(29)27(23(31)32-20)26-21(28)16-9-11-25-12-10-16/h1-13H,14H2,(H,26,28)/b20-13-. The van der Waals surface area contributed by atoms with E-state index in [2.05, 4.69) is 10.4 Å². The molecule has 4 rings (SSSR count). The van der Waals surface area contributed by atoms with Crippen molar-refractivity contribution in [1.82, 2.24) is 15.4 Å². The van der Waals surface area contributed by atoms with E-state index in [1.54, 1.807) is 18.2 Å². The Morgan fingerprint density at radius 3 is 2.56 bits per heavy atom. The van der Waals surface area contributed by atoms with Gasteiger partial charge < -0.3 is 4.74 Å². The van der Waals surface area contributed by atoms with Crippen molar-refractivity contribution in [1.29, 1.82) is 0 Å². The van der Waals surface area contributed by atoms with Crippen LogP contribution in [0, 0.1) is 0 Å². The van der Waals surface area contributed by atoms with Gasteiger partial charge in [-0.3, -0.25) is 20.0 Å². The molecule has 2 heterocycles. The number of halogens is 1. The Balaban J connectivity index is 1.40. The molecule has 3 aromatic rings. The Bertz CT molecular complexity index is 1200. The van der Waals surface area contributed by atoms with Crippen LogP contribution in [0.4, 0.5) is 0 Å². The van der Waals surface area contributed by atoms with E-state index < -0.39 is 5.91 Å². The van der Waals surface area contributed by atoms with E-state index in [4.69, 9.17) is 28.6 Å². The summed E-state index contributed by atoms with van der Waals surface area (Å²) >= 11 is 12.5. The number of hydrogen-bond acceptors (Lipinski definition) is 6. The Morgan fingerprint density at radius 2 is 1.84 bits per heavy atom. The summed E-state index contributed by atoms with van der Waals surface area (Å²) in [5, 5.41) is 1.73. The van der Waals surface area contributed by atoms with Gasteiger partial charge in [0.25, 0.3) is 11.8 Å². The Hall–Kier alpha value is -3.20. The molecule has 160 valence electrons. The van der Waals surface area contributed by atoms with Crippen molar-refractivity contribution >= 4 is 57.8 Å². The average molecular weight is 482 g/mol. The summed E-state index contributed by atoms with van der Waals surface area (Å²) < 4.78 is 6.03. The maximum absolute atomic E-state index is 12.7. The van der Waals surface area contributed by atoms with Gasteiger partial charge in [-0.1, -0.05) is 53.7 Å². The van der Waals surface area contributed by atoms with Gasteiger partial charge in [-0.15, -0.1) is 0 Å². The van der Waals surface area contributed by atoms with Crippen LogP contribution >= 0.6 is 35.6 Å². The first-order valence-corrected chi connectivity index (χ1v) is 11.1. The number of hydrogen-bond donors (Lipinski definition) is 1. The van der Waals surface area contributed by atoms with E-state index in [0.29, 0.717) is 27.8 Å². The van der Waals surface area contributed by atoms with Gasteiger partial charge in [-0.25, -0.2) is 0 Å². The lowest BCUT2D eigenvalue weighted by molar-refractivity contribution is -0.123. The van der Waals surface area contributed by atoms with Crippen LogP contribution in [0.25, 0.3) is 6.08 Å². The Labute approximate surface area is 199 Å². The molecule has 1 aromatic heterocycles. The number of rotatable bonds is 6. The van der Waals surface area contributed by atoms with E-state index in [0.717, 1.165) is 27.9 Å². The number of carbonyl (C=O) groups excluding carboxylic acids is 2. The first-order valence-electron chi connectivity index (χ1n) is 9.46. The van der Waals surface area contributed by atoms with Crippen LogP contribution in [0.3, 0.4) is 0 Å². The molecule has 2 aromatic carbocycles. The minimum Gasteiger partial charge on any atom is -0.489 e. The molecule has 0 aliphatic carbocycles. The SMILES string of the molecule is O=C(NN1C(=O)/C(=C/c2ccc(OCc3ccccc3Cl)cc2)SC1=S)c1ccncc1. The molecule has 1 saturated heterocycles. The fourth-order valence-corrected chi connectivity index (χ4v) is 4.19. The monoisotopic (exact) mass is 481 g/mol. The lowest BCUT2D eigenvalue weighted by Gasteiger charge is -2.15. The Kier molecular flexibility index (Phi) is 6.84. The maximum Gasteiger partial charge on any atom is 0.285 e. The number of ether oxygens (including phenoxy) is 1. The van der Waals surface area contributed by atoms with Crippen molar-refractivity contribution in [2.24, 2.45) is 0 Å². The molecular weight excluding hydrogens is 466 g/mol. The first kappa shape index (κ1) is 22.0. The minimum absolute atomic E-state index is 0.253. The molecule has 9 heteroatoms. The van der Waals surface area contributed by atoms with Gasteiger partial charge in [0.15, 0.2) is 4.32 Å². The van der Waals surface area contributed by atoms with Gasteiger partial charge in [0, 0.05) is 28.5 Å². The third-order valence-corrected chi connectivity index (χ3v) is 6.15. The highest BCUT2D eigenvalue weighted by atomic mass is 35.5. The number of benzene rings is 2. The van der Waals surface area contributed by atoms with Crippen LogP contribution in [-0.2, 0) is 11.4 Å². The van der Waals surface area contributed by atoms with Crippen LogP contribution in [0.15, 0.2) is 78.0 Å². The number of nitrogens with zero attached hydrogens (tertiary/aromatic N) is 2. The van der Waals surface area contributed by atoms with Crippen molar-refractivity contribution < 1.29 is 14.3 Å². The summed E-state index contributed by atoms with van der Waals surface area (Å²) in [4.78, 5) is 29.3.